The van der Waals surface area contributed by atoms with Gasteiger partial charge in [0, 0.05) is 5.54 Å². The number of nitrogens with zero attached hydrogens (tertiary/aromatic N) is 3. The van der Waals surface area contributed by atoms with Gasteiger partial charge in [-0.15, -0.1) is 0 Å². The molecule has 4 aliphatic rings. The number of aromatic nitrogens is 4. The van der Waals surface area contributed by atoms with Crippen LogP contribution in [-0.2, 0) is 0 Å². The zero-order valence-electron chi connectivity index (χ0n) is 11.8. The Kier molecular flexibility index (Phi) is 2.38. The minimum Gasteiger partial charge on any atom is -0.363 e. The molecule has 2 aromatic heterocycles. The van der Waals surface area contributed by atoms with Crippen molar-refractivity contribution in [1.82, 2.24) is 19.9 Å². The predicted octanol–water partition coefficient (Wildman–Crippen LogP) is 3.39. The lowest BCUT2D eigenvalue weighted by molar-refractivity contribution is 0.0106. The van der Waals surface area contributed by atoms with Gasteiger partial charge in [0.2, 0.25) is 5.28 Å². The Morgan fingerprint density at radius 3 is 2.43 bits per heavy atom. The Morgan fingerprint density at radius 1 is 1.10 bits per heavy atom. The van der Waals surface area contributed by atoms with E-state index in [9.17, 15) is 0 Å². The third kappa shape index (κ3) is 1.86. The van der Waals surface area contributed by atoms with Gasteiger partial charge < -0.3 is 10.3 Å². The normalized spacial score (nSPS) is 37.3. The van der Waals surface area contributed by atoms with Gasteiger partial charge in [0.1, 0.15) is 5.52 Å². The SMILES string of the molecule is Clc1nc(NC23CC4CC(CC(C4)C2)C3)c2[nH]cnc2n1. The van der Waals surface area contributed by atoms with Crippen molar-refractivity contribution in [3.63, 3.8) is 0 Å². The van der Waals surface area contributed by atoms with Crippen molar-refractivity contribution in [3.05, 3.63) is 11.6 Å². The topological polar surface area (TPSA) is 66.5 Å². The van der Waals surface area contributed by atoms with Gasteiger partial charge in [-0.1, -0.05) is 0 Å². The second-order valence-electron chi connectivity index (χ2n) is 7.27. The van der Waals surface area contributed by atoms with E-state index in [0.29, 0.717) is 5.65 Å². The maximum atomic E-state index is 6.05. The van der Waals surface area contributed by atoms with E-state index < -0.39 is 0 Å². The number of fused-ring (bicyclic) bond motifs is 1. The van der Waals surface area contributed by atoms with Crippen molar-refractivity contribution in [2.75, 3.05) is 5.32 Å². The molecule has 0 saturated heterocycles. The van der Waals surface area contributed by atoms with Crippen LogP contribution in [0, 0.1) is 17.8 Å². The molecule has 6 rings (SSSR count). The van der Waals surface area contributed by atoms with Crippen molar-refractivity contribution in [2.45, 2.75) is 44.1 Å². The lowest BCUT2D eigenvalue weighted by Crippen LogP contribution is -2.54. The molecular weight excluding hydrogens is 286 g/mol. The monoisotopic (exact) mass is 303 g/mol. The molecular formula is C15H18ClN5. The van der Waals surface area contributed by atoms with E-state index in [4.69, 9.17) is 11.6 Å². The van der Waals surface area contributed by atoms with Gasteiger partial charge in [0.25, 0.3) is 0 Å². The predicted molar refractivity (Wildman–Crippen MR) is 81.2 cm³/mol. The molecule has 21 heavy (non-hydrogen) atoms. The molecule has 0 radical (unpaired) electrons. The van der Waals surface area contributed by atoms with E-state index in [0.717, 1.165) is 29.1 Å². The first-order chi connectivity index (χ1) is 10.2. The Hall–Kier alpha value is -1.36. The van der Waals surface area contributed by atoms with E-state index in [1.807, 2.05) is 0 Å². The Bertz CT molecular complexity index is 674. The fourth-order valence-electron chi connectivity index (χ4n) is 5.41. The molecule has 4 saturated carbocycles. The van der Waals surface area contributed by atoms with Crippen LogP contribution in [0.4, 0.5) is 5.82 Å². The maximum Gasteiger partial charge on any atom is 0.226 e. The summed E-state index contributed by atoms with van der Waals surface area (Å²) in [4.78, 5) is 15.9. The second-order valence-corrected chi connectivity index (χ2v) is 7.60. The van der Waals surface area contributed by atoms with Gasteiger partial charge in [-0.3, -0.25) is 0 Å². The van der Waals surface area contributed by atoms with Crippen molar-refractivity contribution in [2.24, 2.45) is 17.8 Å². The standard InChI is InChI=1S/C15H18ClN5/c16-14-19-12-11(17-7-18-12)13(20-14)21-15-4-8-1-9(5-15)3-10(2-8)6-15/h7-10H,1-6H2,(H2,17,18,19,20,21). The van der Waals surface area contributed by atoms with E-state index >= 15 is 0 Å². The average molecular weight is 304 g/mol. The highest BCUT2D eigenvalue weighted by Crippen LogP contribution is 2.56. The number of halogens is 1. The van der Waals surface area contributed by atoms with E-state index in [1.54, 1.807) is 6.33 Å². The minimum atomic E-state index is 0.213. The molecule has 4 aliphatic carbocycles. The van der Waals surface area contributed by atoms with Crippen LogP contribution in [0.25, 0.3) is 11.2 Å². The summed E-state index contributed by atoms with van der Waals surface area (Å²) in [5, 5.41) is 4.02. The van der Waals surface area contributed by atoms with Crippen LogP contribution in [0.3, 0.4) is 0 Å². The molecule has 2 N–H and O–H groups in total. The number of hydrogen-bond acceptors (Lipinski definition) is 4. The minimum absolute atomic E-state index is 0.213. The molecule has 0 atom stereocenters. The van der Waals surface area contributed by atoms with Gasteiger partial charge in [-0.25, -0.2) is 4.98 Å². The fraction of sp³-hybridized carbons (Fsp3) is 0.667. The largest absolute Gasteiger partial charge is 0.363 e. The average Bonchev–Trinajstić information content (AvgIpc) is 2.84. The zero-order valence-corrected chi connectivity index (χ0v) is 12.5. The molecule has 2 aromatic rings. The Balaban J connectivity index is 1.55. The van der Waals surface area contributed by atoms with Gasteiger partial charge in [-0.2, -0.15) is 9.97 Å². The molecule has 6 heteroatoms. The first kappa shape index (κ1) is 12.2. The highest BCUT2D eigenvalue weighted by atomic mass is 35.5. The summed E-state index contributed by atoms with van der Waals surface area (Å²) in [7, 11) is 0. The van der Waals surface area contributed by atoms with E-state index in [2.05, 4.69) is 25.3 Å². The molecule has 0 unspecified atom stereocenters. The fourth-order valence-corrected chi connectivity index (χ4v) is 5.58. The zero-order chi connectivity index (χ0) is 14.0. The highest BCUT2D eigenvalue weighted by Gasteiger charge is 2.51. The molecule has 0 aliphatic heterocycles. The number of aromatic amines is 1. The summed E-state index contributed by atoms with van der Waals surface area (Å²) in [6, 6.07) is 0. The Morgan fingerprint density at radius 2 is 1.76 bits per heavy atom. The van der Waals surface area contributed by atoms with Crippen LogP contribution in [0.2, 0.25) is 5.28 Å². The molecule has 2 heterocycles. The summed E-state index contributed by atoms with van der Waals surface area (Å²) in [6.45, 7) is 0. The first-order valence-corrected chi connectivity index (χ1v) is 8.22. The maximum absolute atomic E-state index is 6.05. The summed E-state index contributed by atoms with van der Waals surface area (Å²) in [6.07, 6.45) is 9.78. The molecule has 110 valence electrons. The third-order valence-electron chi connectivity index (χ3n) is 5.68. The van der Waals surface area contributed by atoms with Gasteiger partial charge in [0.05, 0.1) is 6.33 Å². The van der Waals surface area contributed by atoms with Gasteiger partial charge >= 0.3 is 0 Å². The van der Waals surface area contributed by atoms with Crippen LogP contribution in [0.5, 0.6) is 0 Å². The summed E-state index contributed by atoms with van der Waals surface area (Å²) >= 11 is 6.05. The van der Waals surface area contributed by atoms with Crippen LogP contribution in [-0.4, -0.2) is 25.5 Å². The van der Waals surface area contributed by atoms with Crippen LogP contribution in [0.1, 0.15) is 38.5 Å². The number of nitrogens with one attached hydrogen (secondary N) is 2. The summed E-state index contributed by atoms with van der Waals surface area (Å²) < 4.78 is 0. The molecule has 4 bridgehead atoms. The molecule has 0 aromatic carbocycles. The molecule has 0 spiro atoms. The lowest BCUT2D eigenvalue weighted by atomic mass is 9.53. The highest BCUT2D eigenvalue weighted by molar-refractivity contribution is 6.28. The summed E-state index contributed by atoms with van der Waals surface area (Å²) in [5.41, 5.74) is 1.72. The number of H-pyrrole nitrogens is 1. The van der Waals surface area contributed by atoms with Crippen molar-refractivity contribution >= 4 is 28.6 Å². The Labute approximate surface area is 127 Å². The molecule has 0 amide bonds. The smallest absolute Gasteiger partial charge is 0.226 e. The van der Waals surface area contributed by atoms with Gasteiger partial charge in [0.15, 0.2) is 11.5 Å². The lowest BCUT2D eigenvalue weighted by Gasteiger charge is -2.57. The van der Waals surface area contributed by atoms with Crippen molar-refractivity contribution in [1.29, 1.82) is 0 Å². The second kappa shape index (κ2) is 4.09. The summed E-state index contributed by atoms with van der Waals surface area (Å²) in [5.74, 6) is 3.53. The van der Waals surface area contributed by atoms with Crippen molar-refractivity contribution < 1.29 is 0 Å². The number of rotatable bonds is 2. The quantitative estimate of drug-likeness (QED) is 0.835. The van der Waals surface area contributed by atoms with Gasteiger partial charge in [-0.05, 0) is 67.9 Å². The van der Waals surface area contributed by atoms with Crippen LogP contribution >= 0.6 is 11.6 Å². The van der Waals surface area contributed by atoms with E-state index in [-0.39, 0.29) is 10.8 Å². The number of imidazole rings is 1. The molecule has 4 fully saturated rings. The number of hydrogen-bond donors (Lipinski definition) is 2. The first-order valence-electron chi connectivity index (χ1n) is 7.84. The van der Waals surface area contributed by atoms with E-state index in [1.165, 1.54) is 38.5 Å². The van der Waals surface area contributed by atoms with Crippen LogP contribution in [0.15, 0.2) is 6.33 Å². The van der Waals surface area contributed by atoms with Crippen molar-refractivity contribution in [3.8, 4) is 0 Å². The molecule has 5 nitrogen and oxygen atoms in total. The number of anilines is 1. The third-order valence-corrected chi connectivity index (χ3v) is 5.85. The van der Waals surface area contributed by atoms with Crippen LogP contribution < -0.4 is 5.32 Å².